The van der Waals surface area contributed by atoms with Crippen LogP contribution in [-0.4, -0.2) is 46.8 Å². The van der Waals surface area contributed by atoms with Gasteiger partial charge >= 0.3 is 5.69 Å². The van der Waals surface area contributed by atoms with Crippen LogP contribution in [0.2, 0.25) is 0 Å². The molecule has 0 unspecified atom stereocenters. The molecule has 0 saturated carbocycles. The number of methoxy groups -OCH3 is 2. The summed E-state index contributed by atoms with van der Waals surface area (Å²) in [6, 6.07) is 3.81. The minimum absolute atomic E-state index is 0.0222. The maximum atomic E-state index is 12.3. The van der Waals surface area contributed by atoms with Crippen molar-refractivity contribution in [2.45, 2.75) is 13.0 Å². The number of aromatic nitrogens is 3. The van der Waals surface area contributed by atoms with Crippen LogP contribution >= 0.6 is 0 Å². The normalized spacial score (nSPS) is 13.6. The maximum Gasteiger partial charge on any atom is 0.341 e. The van der Waals surface area contributed by atoms with Crippen LogP contribution in [0.5, 0.6) is 11.5 Å². The molecule has 2 aromatic rings. The van der Waals surface area contributed by atoms with Gasteiger partial charge in [0.05, 0.1) is 14.2 Å². The van der Waals surface area contributed by atoms with Gasteiger partial charge in [0, 0.05) is 13.1 Å². The van der Waals surface area contributed by atoms with E-state index in [1.165, 1.54) is 0 Å². The minimum Gasteiger partial charge on any atom is -0.493 e. The van der Waals surface area contributed by atoms with Gasteiger partial charge in [0.1, 0.15) is 0 Å². The summed E-state index contributed by atoms with van der Waals surface area (Å²) in [5, 5.41) is 5.87. The van der Waals surface area contributed by atoms with Gasteiger partial charge in [0.2, 0.25) is 5.82 Å². The van der Waals surface area contributed by atoms with Crippen LogP contribution < -0.4 is 15.2 Å². The summed E-state index contributed by atoms with van der Waals surface area (Å²) < 4.78 is 10.6. The molecule has 116 valence electrons. The number of hydrogen-bond donors (Lipinski definition) is 2. The molecule has 2 N–H and O–H groups in total. The molecule has 0 radical (unpaired) electrons. The van der Waals surface area contributed by atoms with Gasteiger partial charge in [0.15, 0.2) is 11.5 Å². The number of nitrogens with one attached hydrogen (secondary N) is 2. The molecule has 8 nitrogen and oxygen atoms in total. The third-order valence-corrected chi connectivity index (χ3v) is 3.71. The zero-order chi connectivity index (χ0) is 15.7. The molecule has 22 heavy (non-hydrogen) atoms. The lowest BCUT2D eigenvalue weighted by Crippen LogP contribution is -2.36. The molecule has 0 aliphatic carbocycles. The van der Waals surface area contributed by atoms with Gasteiger partial charge in [-0.15, -0.1) is 5.10 Å². The molecule has 0 atom stereocenters. The number of rotatable bonds is 3. The van der Waals surface area contributed by atoms with E-state index in [4.69, 9.17) is 9.47 Å². The average Bonchev–Trinajstić information content (AvgIpc) is 2.98. The van der Waals surface area contributed by atoms with Crippen molar-refractivity contribution in [3.05, 3.63) is 39.6 Å². The fourth-order valence-electron chi connectivity index (χ4n) is 2.58. The largest absolute Gasteiger partial charge is 0.493 e. The monoisotopic (exact) mass is 304 g/mol. The van der Waals surface area contributed by atoms with E-state index < -0.39 is 5.69 Å². The lowest BCUT2D eigenvalue weighted by molar-refractivity contribution is 0.0722. The highest BCUT2D eigenvalue weighted by atomic mass is 16.5. The Morgan fingerprint density at radius 1 is 1.23 bits per heavy atom. The van der Waals surface area contributed by atoms with E-state index in [9.17, 15) is 9.59 Å². The lowest BCUT2D eigenvalue weighted by atomic mass is 9.98. The molecular formula is C14H16N4O4. The van der Waals surface area contributed by atoms with Crippen molar-refractivity contribution in [3.63, 3.8) is 0 Å². The number of carbonyl (C=O) groups is 1. The number of fused-ring (bicyclic) bond motifs is 1. The molecule has 0 fully saturated rings. The summed E-state index contributed by atoms with van der Waals surface area (Å²) in [5.74, 6) is 1.02. The summed E-state index contributed by atoms with van der Waals surface area (Å²) in [4.78, 5) is 27.4. The highest BCUT2D eigenvalue weighted by molar-refractivity contribution is 5.90. The molecular weight excluding hydrogens is 288 g/mol. The molecule has 3 rings (SSSR count). The van der Waals surface area contributed by atoms with Crippen LogP contribution in [0.4, 0.5) is 0 Å². The SMILES string of the molecule is COc1cc2c(cc1OC)CN(C(=O)c1n[nH]c(=O)[nH]1)CC2. The van der Waals surface area contributed by atoms with Gasteiger partial charge in [-0.05, 0) is 29.7 Å². The van der Waals surface area contributed by atoms with E-state index >= 15 is 0 Å². The highest BCUT2D eigenvalue weighted by Crippen LogP contribution is 2.33. The predicted molar refractivity (Wildman–Crippen MR) is 77.2 cm³/mol. The van der Waals surface area contributed by atoms with Gasteiger partial charge in [-0.1, -0.05) is 0 Å². The molecule has 1 aromatic carbocycles. The summed E-state index contributed by atoms with van der Waals surface area (Å²) in [5.41, 5.74) is 1.62. The molecule has 1 amide bonds. The Kier molecular flexibility index (Phi) is 3.58. The average molecular weight is 304 g/mol. The second-order valence-corrected chi connectivity index (χ2v) is 4.98. The van der Waals surface area contributed by atoms with Crippen LogP contribution in [0.25, 0.3) is 0 Å². The summed E-state index contributed by atoms with van der Waals surface area (Å²) >= 11 is 0. The second kappa shape index (κ2) is 5.55. The fraction of sp³-hybridized carbons (Fsp3) is 0.357. The number of ether oxygens (including phenoxy) is 2. The topological polar surface area (TPSA) is 100 Å². The van der Waals surface area contributed by atoms with Gasteiger partial charge in [0.25, 0.3) is 5.91 Å². The van der Waals surface area contributed by atoms with E-state index in [1.54, 1.807) is 19.1 Å². The molecule has 1 aromatic heterocycles. The highest BCUT2D eigenvalue weighted by Gasteiger charge is 2.25. The van der Waals surface area contributed by atoms with Crippen LogP contribution in [0, 0.1) is 0 Å². The number of benzene rings is 1. The predicted octanol–water partition coefficient (Wildman–Crippen LogP) is 0.314. The Balaban J connectivity index is 1.87. The zero-order valence-corrected chi connectivity index (χ0v) is 12.3. The van der Waals surface area contributed by atoms with E-state index in [0.717, 1.165) is 11.1 Å². The standard InChI is InChI=1S/C14H16N4O4/c1-21-10-5-8-3-4-18(7-9(8)6-11(10)22-2)13(19)12-15-14(20)17-16-12/h5-6H,3-4,7H2,1-2H3,(H2,15,16,17,20). The fourth-order valence-corrected chi connectivity index (χ4v) is 2.58. The first kappa shape index (κ1) is 14.2. The number of aromatic amines is 2. The van der Waals surface area contributed by atoms with Crippen molar-refractivity contribution in [2.24, 2.45) is 0 Å². The van der Waals surface area contributed by atoms with E-state index in [-0.39, 0.29) is 11.7 Å². The Morgan fingerprint density at radius 2 is 1.91 bits per heavy atom. The molecule has 1 aliphatic heterocycles. The van der Waals surface area contributed by atoms with E-state index in [2.05, 4.69) is 15.2 Å². The smallest absolute Gasteiger partial charge is 0.341 e. The van der Waals surface area contributed by atoms with Crippen LogP contribution in [0.15, 0.2) is 16.9 Å². The second-order valence-electron chi connectivity index (χ2n) is 4.98. The summed E-state index contributed by atoms with van der Waals surface area (Å²) in [6.07, 6.45) is 0.704. The quantitative estimate of drug-likeness (QED) is 0.850. The first-order chi connectivity index (χ1) is 10.6. The third-order valence-electron chi connectivity index (χ3n) is 3.71. The molecule has 2 heterocycles. The van der Waals surface area contributed by atoms with Crippen molar-refractivity contribution < 1.29 is 14.3 Å². The van der Waals surface area contributed by atoms with Crippen molar-refractivity contribution in [1.82, 2.24) is 20.1 Å². The zero-order valence-electron chi connectivity index (χ0n) is 12.3. The minimum atomic E-state index is -0.493. The van der Waals surface area contributed by atoms with Gasteiger partial charge in [-0.25, -0.2) is 9.89 Å². The lowest BCUT2D eigenvalue weighted by Gasteiger charge is -2.28. The molecule has 0 spiro atoms. The summed E-state index contributed by atoms with van der Waals surface area (Å²) in [6.45, 7) is 0.986. The maximum absolute atomic E-state index is 12.3. The number of nitrogens with zero attached hydrogens (tertiary/aromatic N) is 2. The number of H-pyrrole nitrogens is 2. The van der Waals surface area contributed by atoms with Gasteiger partial charge in [-0.2, -0.15) is 0 Å². The van der Waals surface area contributed by atoms with Gasteiger partial charge < -0.3 is 14.4 Å². The van der Waals surface area contributed by atoms with Crippen molar-refractivity contribution in [1.29, 1.82) is 0 Å². The molecule has 8 heteroatoms. The third kappa shape index (κ3) is 2.43. The van der Waals surface area contributed by atoms with Crippen LogP contribution in [-0.2, 0) is 13.0 Å². The first-order valence-electron chi connectivity index (χ1n) is 6.80. The number of amides is 1. The van der Waals surface area contributed by atoms with E-state index in [0.29, 0.717) is 31.0 Å². The Hall–Kier alpha value is -2.77. The van der Waals surface area contributed by atoms with Gasteiger partial charge in [-0.3, -0.25) is 9.78 Å². The van der Waals surface area contributed by atoms with Crippen LogP contribution in [0.1, 0.15) is 21.7 Å². The molecule has 0 saturated heterocycles. The number of carbonyl (C=O) groups excluding carboxylic acids is 1. The van der Waals surface area contributed by atoms with Crippen molar-refractivity contribution >= 4 is 5.91 Å². The Labute approximate surface area is 126 Å². The molecule has 0 bridgehead atoms. The van der Waals surface area contributed by atoms with Crippen LogP contribution in [0.3, 0.4) is 0 Å². The Bertz CT molecular complexity index is 764. The first-order valence-corrected chi connectivity index (χ1v) is 6.80. The number of hydrogen-bond acceptors (Lipinski definition) is 5. The van der Waals surface area contributed by atoms with Crippen molar-refractivity contribution in [2.75, 3.05) is 20.8 Å². The molecule has 1 aliphatic rings. The van der Waals surface area contributed by atoms with E-state index in [1.807, 2.05) is 12.1 Å². The van der Waals surface area contributed by atoms with Crippen molar-refractivity contribution in [3.8, 4) is 11.5 Å². The summed E-state index contributed by atoms with van der Waals surface area (Å²) in [7, 11) is 3.17. The Morgan fingerprint density at radius 3 is 2.50 bits per heavy atom.